The zero-order valence-corrected chi connectivity index (χ0v) is 12.1. The molecule has 18 heavy (non-hydrogen) atoms. The van der Waals surface area contributed by atoms with E-state index < -0.39 is 0 Å². The fraction of sp³-hybridized carbons (Fsp3) is 0.667. The van der Waals surface area contributed by atoms with Crippen LogP contribution in [0.4, 0.5) is 5.69 Å². The molecular weight excluding hydrogens is 244 g/mol. The molecule has 1 aromatic rings. The Labute approximate surface area is 115 Å². The molecule has 0 aliphatic heterocycles. The smallest absolute Gasteiger partial charge is 0.0718 e. The highest BCUT2D eigenvalue weighted by Gasteiger charge is 2.22. The minimum absolute atomic E-state index is 0.559. The second-order valence-corrected chi connectivity index (χ2v) is 6.27. The maximum Gasteiger partial charge on any atom is 0.0718 e. The van der Waals surface area contributed by atoms with Crippen molar-refractivity contribution in [1.29, 1.82) is 0 Å². The quantitative estimate of drug-likeness (QED) is 0.851. The van der Waals surface area contributed by atoms with Crippen LogP contribution in [0.15, 0.2) is 18.5 Å². The molecule has 2 atom stereocenters. The van der Waals surface area contributed by atoms with E-state index in [1.165, 1.54) is 32.1 Å². The first-order valence-electron chi connectivity index (χ1n) is 7.01. The van der Waals surface area contributed by atoms with Crippen LogP contribution in [0.25, 0.3) is 0 Å². The van der Waals surface area contributed by atoms with Gasteiger partial charge < -0.3 is 5.32 Å². The third-order valence-electron chi connectivity index (χ3n) is 3.72. The van der Waals surface area contributed by atoms with Gasteiger partial charge >= 0.3 is 0 Å². The molecule has 0 bridgehead atoms. The molecule has 0 spiro atoms. The van der Waals surface area contributed by atoms with E-state index in [9.17, 15) is 0 Å². The predicted molar refractivity (Wildman–Crippen MR) is 78.1 cm³/mol. The molecule has 0 saturated heterocycles. The lowest BCUT2D eigenvalue weighted by molar-refractivity contribution is 0.289. The molecule has 1 aliphatic rings. The monoisotopic (exact) mass is 266 g/mol. The molecule has 100 valence electrons. The summed E-state index contributed by atoms with van der Waals surface area (Å²) in [6, 6.07) is 2.40. The van der Waals surface area contributed by atoms with E-state index in [-0.39, 0.29) is 0 Å². The Morgan fingerprint density at radius 2 is 2.28 bits per heavy atom. The zero-order valence-electron chi connectivity index (χ0n) is 11.3. The van der Waals surface area contributed by atoms with Gasteiger partial charge in [-0.3, -0.25) is 4.98 Å². The summed E-state index contributed by atoms with van der Waals surface area (Å²) in [5.74, 6) is 1.67. The summed E-state index contributed by atoms with van der Waals surface area (Å²) in [6.07, 6.45) is 10.1. The molecular formula is C15H23ClN2. The van der Waals surface area contributed by atoms with Gasteiger partial charge in [-0.05, 0) is 37.2 Å². The zero-order chi connectivity index (χ0) is 13.0. The van der Waals surface area contributed by atoms with Gasteiger partial charge in [0.25, 0.3) is 0 Å². The summed E-state index contributed by atoms with van der Waals surface area (Å²) in [6.45, 7) is 4.63. The molecule has 0 aromatic carbocycles. The van der Waals surface area contributed by atoms with Gasteiger partial charge in [0.05, 0.1) is 16.9 Å². The van der Waals surface area contributed by atoms with Crippen molar-refractivity contribution in [3.05, 3.63) is 23.5 Å². The number of nitrogens with zero attached hydrogens (tertiary/aromatic N) is 1. The molecule has 1 fully saturated rings. The van der Waals surface area contributed by atoms with Crippen molar-refractivity contribution in [2.24, 2.45) is 11.8 Å². The van der Waals surface area contributed by atoms with Crippen molar-refractivity contribution in [3.8, 4) is 0 Å². The highest BCUT2D eigenvalue weighted by atomic mass is 35.5. The summed E-state index contributed by atoms with van der Waals surface area (Å²) >= 11 is 6.16. The van der Waals surface area contributed by atoms with Crippen LogP contribution >= 0.6 is 11.6 Å². The number of nitrogens with one attached hydrogen (secondary N) is 1. The summed E-state index contributed by atoms with van der Waals surface area (Å²) in [4.78, 5) is 4.13. The molecule has 1 aliphatic carbocycles. The average Bonchev–Trinajstić information content (AvgIpc) is 2.32. The number of anilines is 1. The van der Waals surface area contributed by atoms with Crippen LogP contribution in [0.3, 0.4) is 0 Å². The van der Waals surface area contributed by atoms with E-state index in [1.807, 2.05) is 12.3 Å². The highest BCUT2D eigenvalue weighted by Crippen LogP contribution is 2.32. The normalized spacial score (nSPS) is 24.2. The second-order valence-electron chi connectivity index (χ2n) is 5.86. The van der Waals surface area contributed by atoms with E-state index >= 15 is 0 Å². The van der Waals surface area contributed by atoms with Gasteiger partial charge in [-0.2, -0.15) is 0 Å². The molecule has 2 unspecified atom stereocenters. The largest absolute Gasteiger partial charge is 0.380 e. The molecule has 2 nitrogen and oxygen atoms in total. The Morgan fingerprint density at radius 1 is 1.44 bits per heavy atom. The van der Waals surface area contributed by atoms with E-state index in [4.69, 9.17) is 11.6 Å². The van der Waals surface area contributed by atoms with E-state index in [0.717, 1.165) is 22.5 Å². The van der Waals surface area contributed by atoms with E-state index in [1.54, 1.807) is 6.20 Å². The van der Waals surface area contributed by atoms with E-state index in [2.05, 4.69) is 24.1 Å². The summed E-state index contributed by atoms with van der Waals surface area (Å²) in [7, 11) is 0. The standard InChI is InChI=1S/C15H23ClN2/c1-11(2)8-12-4-3-5-13(9-12)18-15-10-17-7-6-14(15)16/h6-7,10-13,18H,3-5,8-9H2,1-2H3. The first-order valence-corrected chi connectivity index (χ1v) is 7.39. The molecule has 3 heteroatoms. The SMILES string of the molecule is CC(C)CC1CCCC(Nc2cnccc2Cl)C1. The molecule has 1 N–H and O–H groups in total. The van der Waals surface area contributed by atoms with Crippen molar-refractivity contribution in [1.82, 2.24) is 4.98 Å². The van der Waals surface area contributed by atoms with Crippen molar-refractivity contribution in [2.75, 3.05) is 5.32 Å². The third kappa shape index (κ3) is 3.88. The molecule has 0 amide bonds. The minimum Gasteiger partial charge on any atom is -0.380 e. The van der Waals surface area contributed by atoms with Gasteiger partial charge in [-0.25, -0.2) is 0 Å². The topological polar surface area (TPSA) is 24.9 Å². The number of hydrogen-bond donors (Lipinski definition) is 1. The van der Waals surface area contributed by atoms with Crippen LogP contribution in [-0.2, 0) is 0 Å². The number of hydrogen-bond acceptors (Lipinski definition) is 2. The molecule has 0 radical (unpaired) electrons. The number of pyridine rings is 1. The summed E-state index contributed by atoms with van der Waals surface area (Å²) in [5, 5.41) is 4.33. The van der Waals surface area contributed by atoms with Gasteiger partial charge in [0, 0.05) is 12.2 Å². The lowest BCUT2D eigenvalue weighted by atomic mass is 9.81. The number of halogens is 1. The Hall–Kier alpha value is -0.760. The van der Waals surface area contributed by atoms with Gasteiger partial charge in [0.2, 0.25) is 0 Å². The molecule has 1 heterocycles. The Balaban J connectivity index is 1.91. The van der Waals surface area contributed by atoms with E-state index in [0.29, 0.717) is 6.04 Å². The fourth-order valence-corrected chi connectivity index (χ4v) is 3.17. The van der Waals surface area contributed by atoms with Crippen molar-refractivity contribution in [3.63, 3.8) is 0 Å². The van der Waals surface area contributed by atoms with Crippen LogP contribution in [0, 0.1) is 11.8 Å². The van der Waals surface area contributed by atoms with Crippen LogP contribution < -0.4 is 5.32 Å². The fourth-order valence-electron chi connectivity index (χ4n) is 3.01. The first kappa shape index (κ1) is 13.7. The molecule has 1 aromatic heterocycles. The van der Waals surface area contributed by atoms with Crippen molar-refractivity contribution in [2.45, 2.75) is 52.0 Å². The summed E-state index contributed by atoms with van der Waals surface area (Å²) < 4.78 is 0. The van der Waals surface area contributed by atoms with Crippen LogP contribution in [0.1, 0.15) is 46.0 Å². The van der Waals surface area contributed by atoms with Gasteiger partial charge in [0.1, 0.15) is 0 Å². The summed E-state index contributed by atoms with van der Waals surface area (Å²) in [5.41, 5.74) is 0.981. The van der Waals surface area contributed by atoms with Crippen LogP contribution in [0.2, 0.25) is 5.02 Å². The highest BCUT2D eigenvalue weighted by molar-refractivity contribution is 6.33. The van der Waals surface area contributed by atoms with Gasteiger partial charge in [-0.15, -0.1) is 0 Å². The lowest BCUT2D eigenvalue weighted by Gasteiger charge is -2.31. The van der Waals surface area contributed by atoms with Crippen molar-refractivity contribution < 1.29 is 0 Å². The maximum atomic E-state index is 6.16. The van der Waals surface area contributed by atoms with Crippen molar-refractivity contribution >= 4 is 17.3 Å². The lowest BCUT2D eigenvalue weighted by Crippen LogP contribution is -2.28. The number of rotatable bonds is 4. The van der Waals surface area contributed by atoms with Gasteiger partial charge in [-0.1, -0.05) is 38.3 Å². The Morgan fingerprint density at radius 3 is 3.00 bits per heavy atom. The van der Waals surface area contributed by atoms with Gasteiger partial charge in [0.15, 0.2) is 0 Å². The number of aromatic nitrogens is 1. The predicted octanol–water partition coefficient (Wildman–Crippen LogP) is 4.75. The Bertz CT molecular complexity index is 379. The maximum absolute atomic E-state index is 6.16. The Kier molecular flexibility index (Phi) is 4.87. The van der Waals surface area contributed by atoms with Crippen LogP contribution in [-0.4, -0.2) is 11.0 Å². The molecule has 1 saturated carbocycles. The minimum atomic E-state index is 0.559. The average molecular weight is 267 g/mol. The second kappa shape index (κ2) is 6.42. The van der Waals surface area contributed by atoms with Crippen LogP contribution in [0.5, 0.6) is 0 Å². The third-order valence-corrected chi connectivity index (χ3v) is 4.04. The first-order chi connectivity index (χ1) is 8.65. The molecule has 2 rings (SSSR count).